The fourth-order valence-electron chi connectivity index (χ4n) is 2.02. The Bertz CT molecular complexity index is 668. The molecular weight excluding hydrogens is 295 g/mol. The van der Waals surface area contributed by atoms with E-state index in [1.807, 2.05) is 0 Å². The number of hydrogen-bond acceptors (Lipinski definition) is 3. The van der Waals surface area contributed by atoms with E-state index in [-0.39, 0.29) is 18.6 Å². The molecule has 0 aliphatic heterocycles. The van der Waals surface area contributed by atoms with E-state index < -0.39 is 17.7 Å². The SMILES string of the molecule is CCOC(=O)c1cccnc1Cc1cccc(C(F)(F)F)c1. The molecule has 22 heavy (non-hydrogen) atoms. The molecule has 1 aromatic carbocycles. The smallest absolute Gasteiger partial charge is 0.416 e. The molecule has 0 aliphatic carbocycles. The van der Waals surface area contributed by atoms with Crippen molar-refractivity contribution in [1.29, 1.82) is 0 Å². The van der Waals surface area contributed by atoms with Crippen molar-refractivity contribution in [2.24, 2.45) is 0 Å². The van der Waals surface area contributed by atoms with E-state index in [1.165, 1.54) is 12.3 Å². The lowest BCUT2D eigenvalue weighted by Gasteiger charge is -2.10. The third kappa shape index (κ3) is 3.84. The maximum atomic E-state index is 12.7. The number of pyridine rings is 1. The van der Waals surface area contributed by atoms with Gasteiger partial charge in [-0.15, -0.1) is 0 Å². The summed E-state index contributed by atoms with van der Waals surface area (Å²) >= 11 is 0. The van der Waals surface area contributed by atoms with Gasteiger partial charge in [-0.1, -0.05) is 18.2 Å². The van der Waals surface area contributed by atoms with Crippen LogP contribution < -0.4 is 0 Å². The van der Waals surface area contributed by atoms with Gasteiger partial charge in [0.05, 0.1) is 23.4 Å². The molecule has 1 aromatic heterocycles. The summed E-state index contributed by atoms with van der Waals surface area (Å²) < 4.78 is 43.1. The average molecular weight is 309 g/mol. The van der Waals surface area contributed by atoms with Crippen molar-refractivity contribution < 1.29 is 22.7 Å². The molecule has 0 spiro atoms. The van der Waals surface area contributed by atoms with Crippen LogP contribution in [0.25, 0.3) is 0 Å². The summed E-state index contributed by atoms with van der Waals surface area (Å²) in [5.41, 5.74) is 0.361. The predicted octanol–water partition coefficient (Wildman–Crippen LogP) is 3.87. The van der Waals surface area contributed by atoms with Crippen LogP contribution in [0.5, 0.6) is 0 Å². The monoisotopic (exact) mass is 309 g/mol. The number of aromatic nitrogens is 1. The number of ether oxygens (including phenoxy) is 1. The van der Waals surface area contributed by atoms with Crippen molar-refractivity contribution in [2.45, 2.75) is 19.5 Å². The van der Waals surface area contributed by atoms with E-state index in [0.29, 0.717) is 11.3 Å². The number of esters is 1. The standard InChI is InChI=1S/C16H14F3NO2/c1-2-22-15(21)13-7-4-8-20-14(13)10-11-5-3-6-12(9-11)16(17,18)19/h3-9H,2,10H2,1H3. The lowest BCUT2D eigenvalue weighted by Crippen LogP contribution is -2.10. The first-order valence-corrected chi connectivity index (χ1v) is 6.69. The first kappa shape index (κ1) is 16.0. The molecule has 0 saturated carbocycles. The van der Waals surface area contributed by atoms with Gasteiger partial charge in [0.15, 0.2) is 0 Å². The third-order valence-corrected chi connectivity index (χ3v) is 3.01. The Morgan fingerprint density at radius 1 is 1.23 bits per heavy atom. The van der Waals surface area contributed by atoms with Crippen LogP contribution in [0.4, 0.5) is 13.2 Å². The second kappa shape index (κ2) is 6.60. The van der Waals surface area contributed by atoms with Gasteiger partial charge in [-0.25, -0.2) is 4.79 Å². The van der Waals surface area contributed by atoms with Gasteiger partial charge in [0, 0.05) is 12.6 Å². The second-order valence-electron chi connectivity index (χ2n) is 4.59. The van der Waals surface area contributed by atoms with Gasteiger partial charge in [-0.3, -0.25) is 4.98 Å². The van der Waals surface area contributed by atoms with E-state index in [2.05, 4.69) is 4.98 Å². The summed E-state index contributed by atoms with van der Waals surface area (Å²) in [4.78, 5) is 15.9. The molecule has 0 atom stereocenters. The first-order chi connectivity index (χ1) is 10.4. The summed E-state index contributed by atoms with van der Waals surface area (Å²) in [5.74, 6) is -0.530. The second-order valence-corrected chi connectivity index (χ2v) is 4.59. The number of carbonyl (C=O) groups excluding carboxylic acids is 1. The summed E-state index contributed by atoms with van der Waals surface area (Å²) in [5, 5.41) is 0. The topological polar surface area (TPSA) is 39.2 Å². The molecule has 0 aliphatic rings. The highest BCUT2D eigenvalue weighted by molar-refractivity contribution is 5.90. The van der Waals surface area contributed by atoms with Gasteiger partial charge in [-0.05, 0) is 30.7 Å². The minimum Gasteiger partial charge on any atom is -0.462 e. The van der Waals surface area contributed by atoms with Crippen LogP contribution in [-0.2, 0) is 17.3 Å². The highest BCUT2D eigenvalue weighted by Crippen LogP contribution is 2.30. The molecule has 0 bridgehead atoms. The van der Waals surface area contributed by atoms with Crippen LogP contribution in [0.2, 0.25) is 0 Å². The Morgan fingerprint density at radius 2 is 2.00 bits per heavy atom. The number of halogens is 3. The zero-order valence-electron chi connectivity index (χ0n) is 11.9. The number of alkyl halides is 3. The molecule has 0 N–H and O–H groups in total. The van der Waals surface area contributed by atoms with Gasteiger partial charge >= 0.3 is 12.1 Å². The van der Waals surface area contributed by atoms with Gasteiger partial charge < -0.3 is 4.74 Å². The van der Waals surface area contributed by atoms with Crippen molar-refractivity contribution in [1.82, 2.24) is 4.98 Å². The van der Waals surface area contributed by atoms with Crippen molar-refractivity contribution in [3.8, 4) is 0 Å². The largest absolute Gasteiger partial charge is 0.462 e. The van der Waals surface area contributed by atoms with E-state index in [4.69, 9.17) is 4.74 Å². The Morgan fingerprint density at radius 3 is 2.68 bits per heavy atom. The summed E-state index contributed by atoms with van der Waals surface area (Å²) in [6.07, 6.45) is -2.78. The molecule has 6 heteroatoms. The lowest BCUT2D eigenvalue weighted by molar-refractivity contribution is -0.137. The van der Waals surface area contributed by atoms with Gasteiger partial charge in [-0.2, -0.15) is 13.2 Å². The number of rotatable bonds is 4. The van der Waals surface area contributed by atoms with Crippen LogP contribution in [-0.4, -0.2) is 17.6 Å². The van der Waals surface area contributed by atoms with Crippen molar-refractivity contribution in [2.75, 3.05) is 6.61 Å². The van der Waals surface area contributed by atoms with Gasteiger partial charge in [0.25, 0.3) is 0 Å². The van der Waals surface area contributed by atoms with Crippen LogP contribution in [0.1, 0.15) is 34.1 Å². The molecule has 3 nitrogen and oxygen atoms in total. The lowest BCUT2D eigenvalue weighted by atomic mass is 10.0. The summed E-state index contributed by atoms with van der Waals surface area (Å²) in [7, 11) is 0. The molecular formula is C16H14F3NO2. The number of hydrogen-bond donors (Lipinski definition) is 0. The molecule has 0 fully saturated rings. The minimum atomic E-state index is -4.40. The van der Waals surface area contributed by atoms with Crippen molar-refractivity contribution >= 4 is 5.97 Å². The predicted molar refractivity (Wildman–Crippen MR) is 74.4 cm³/mol. The molecule has 0 unspecified atom stereocenters. The molecule has 2 aromatic rings. The Labute approximate surface area is 125 Å². The Kier molecular flexibility index (Phi) is 4.80. The van der Waals surface area contributed by atoms with Crippen molar-refractivity contribution in [3.63, 3.8) is 0 Å². The van der Waals surface area contributed by atoms with Gasteiger partial charge in [0.1, 0.15) is 0 Å². The summed E-state index contributed by atoms with van der Waals surface area (Å²) in [6, 6.07) is 8.11. The highest BCUT2D eigenvalue weighted by atomic mass is 19.4. The fourth-order valence-corrected chi connectivity index (χ4v) is 2.02. The van der Waals surface area contributed by atoms with Crippen molar-refractivity contribution in [3.05, 3.63) is 65.0 Å². The number of nitrogens with zero attached hydrogens (tertiary/aromatic N) is 1. The average Bonchev–Trinajstić information content (AvgIpc) is 2.47. The zero-order chi connectivity index (χ0) is 16.2. The number of carbonyl (C=O) groups is 1. The fraction of sp³-hybridized carbons (Fsp3) is 0.250. The quantitative estimate of drug-likeness (QED) is 0.805. The Hall–Kier alpha value is -2.37. The zero-order valence-corrected chi connectivity index (χ0v) is 11.9. The minimum absolute atomic E-state index is 0.124. The highest BCUT2D eigenvalue weighted by Gasteiger charge is 2.30. The van der Waals surface area contributed by atoms with Crippen LogP contribution in [0.15, 0.2) is 42.6 Å². The number of benzene rings is 1. The maximum Gasteiger partial charge on any atom is 0.416 e. The van der Waals surface area contributed by atoms with E-state index in [9.17, 15) is 18.0 Å². The van der Waals surface area contributed by atoms with Gasteiger partial charge in [0.2, 0.25) is 0 Å². The molecule has 0 radical (unpaired) electrons. The normalized spacial score (nSPS) is 11.3. The van der Waals surface area contributed by atoms with E-state index in [0.717, 1.165) is 12.1 Å². The molecule has 2 rings (SSSR count). The molecule has 0 amide bonds. The van der Waals surface area contributed by atoms with Crippen LogP contribution >= 0.6 is 0 Å². The Balaban J connectivity index is 2.30. The molecule has 116 valence electrons. The first-order valence-electron chi connectivity index (χ1n) is 6.69. The van der Waals surface area contributed by atoms with Crippen LogP contribution in [0, 0.1) is 0 Å². The van der Waals surface area contributed by atoms with E-state index >= 15 is 0 Å². The summed E-state index contributed by atoms with van der Waals surface area (Å²) in [6.45, 7) is 1.90. The van der Waals surface area contributed by atoms with E-state index in [1.54, 1.807) is 25.1 Å². The molecule has 0 saturated heterocycles. The van der Waals surface area contributed by atoms with Crippen LogP contribution in [0.3, 0.4) is 0 Å². The third-order valence-electron chi connectivity index (χ3n) is 3.01. The maximum absolute atomic E-state index is 12.7. The molecule has 1 heterocycles.